The van der Waals surface area contributed by atoms with Crippen LogP contribution < -0.4 is 5.73 Å². The first-order chi connectivity index (χ1) is 9.12. The van der Waals surface area contributed by atoms with Crippen LogP contribution in [0.15, 0.2) is 27.6 Å². The molecule has 1 atom stereocenters. The van der Waals surface area contributed by atoms with Gasteiger partial charge in [-0.3, -0.25) is 0 Å². The molecule has 1 aromatic carbocycles. The zero-order chi connectivity index (χ0) is 15.1. The second-order valence-corrected chi connectivity index (χ2v) is 9.22. The average Bonchev–Trinajstić information content (AvgIpc) is 2.77. The number of nitrogen functional groups attached to an aromatic ring is 1. The van der Waals surface area contributed by atoms with Crippen molar-refractivity contribution < 1.29 is 8.42 Å². The molecular formula is C14H21BrN2O2S. The summed E-state index contributed by atoms with van der Waals surface area (Å²) in [4.78, 5) is 0.204. The van der Waals surface area contributed by atoms with Crippen molar-refractivity contribution in [2.24, 2.45) is 11.3 Å². The third-order valence-corrected chi connectivity index (χ3v) is 6.40. The van der Waals surface area contributed by atoms with E-state index in [0.29, 0.717) is 24.7 Å². The summed E-state index contributed by atoms with van der Waals surface area (Å²) >= 11 is 3.29. The van der Waals surface area contributed by atoms with E-state index in [9.17, 15) is 8.42 Å². The molecule has 1 unspecified atom stereocenters. The maximum Gasteiger partial charge on any atom is 0.245 e. The van der Waals surface area contributed by atoms with Crippen LogP contribution in [0, 0.1) is 11.3 Å². The summed E-state index contributed by atoms with van der Waals surface area (Å²) in [5, 5.41) is 0. The van der Waals surface area contributed by atoms with Crippen molar-refractivity contribution in [1.29, 1.82) is 0 Å². The molecule has 0 bridgehead atoms. The highest BCUT2D eigenvalue weighted by atomic mass is 79.9. The van der Waals surface area contributed by atoms with Crippen LogP contribution in [0.4, 0.5) is 5.69 Å². The lowest BCUT2D eigenvalue weighted by Gasteiger charge is -2.27. The molecule has 0 radical (unpaired) electrons. The third kappa shape index (κ3) is 3.02. The van der Waals surface area contributed by atoms with Gasteiger partial charge in [0.25, 0.3) is 0 Å². The van der Waals surface area contributed by atoms with Crippen LogP contribution in [0.1, 0.15) is 27.2 Å². The van der Waals surface area contributed by atoms with Gasteiger partial charge in [0.05, 0.1) is 5.69 Å². The molecule has 1 heterocycles. The Balaban J connectivity index is 2.28. The molecule has 1 aliphatic heterocycles. The minimum Gasteiger partial charge on any atom is -0.398 e. The Hall–Kier alpha value is -0.590. The molecule has 6 heteroatoms. The van der Waals surface area contributed by atoms with Gasteiger partial charge in [-0.25, -0.2) is 8.42 Å². The largest absolute Gasteiger partial charge is 0.398 e. The van der Waals surface area contributed by atoms with Gasteiger partial charge < -0.3 is 5.73 Å². The van der Waals surface area contributed by atoms with E-state index in [1.54, 1.807) is 22.5 Å². The lowest BCUT2D eigenvalue weighted by Crippen LogP contribution is -2.31. The predicted molar refractivity (Wildman–Crippen MR) is 84.9 cm³/mol. The second-order valence-electron chi connectivity index (χ2n) is 6.40. The number of halogens is 1. The molecule has 0 amide bonds. The highest BCUT2D eigenvalue weighted by molar-refractivity contribution is 9.10. The fourth-order valence-corrected chi connectivity index (χ4v) is 4.52. The van der Waals surface area contributed by atoms with E-state index < -0.39 is 10.0 Å². The van der Waals surface area contributed by atoms with E-state index >= 15 is 0 Å². The summed E-state index contributed by atoms with van der Waals surface area (Å²) in [5.74, 6) is 0.383. The molecule has 1 aromatic rings. The predicted octanol–water partition coefficient (Wildman–Crippen LogP) is 3.09. The van der Waals surface area contributed by atoms with Crippen LogP contribution in [0.3, 0.4) is 0 Å². The maximum atomic E-state index is 12.7. The number of rotatable bonds is 2. The highest BCUT2D eigenvalue weighted by Gasteiger charge is 2.38. The molecule has 112 valence electrons. The number of benzene rings is 1. The number of nitrogens with two attached hydrogens (primary N) is 1. The summed E-state index contributed by atoms with van der Waals surface area (Å²) in [6.07, 6.45) is 0.902. The quantitative estimate of drug-likeness (QED) is 0.824. The van der Waals surface area contributed by atoms with Gasteiger partial charge in [0.2, 0.25) is 10.0 Å². The fourth-order valence-electron chi connectivity index (χ4n) is 2.55. The first-order valence-corrected chi connectivity index (χ1v) is 8.91. The maximum absolute atomic E-state index is 12.7. The Bertz CT molecular complexity index is 608. The molecule has 1 saturated heterocycles. The molecule has 0 aromatic heterocycles. The lowest BCUT2D eigenvalue weighted by atomic mass is 9.80. The summed E-state index contributed by atoms with van der Waals surface area (Å²) in [6, 6.07) is 4.91. The van der Waals surface area contributed by atoms with Crippen molar-refractivity contribution in [3.05, 3.63) is 22.7 Å². The molecular weight excluding hydrogens is 340 g/mol. The Morgan fingerprint density at radius 1 is 1.35 bits per heavy atom. The molecule has 0 saturated carbocycles. The van der Waals surface area contributed by atoms with Crippen molar-refractivity contribution in [3.8, 4) is 0 Å². The third-order valence-electron chi connectivity index (χ3n) is 3.97. The first-order valence-electron chi connectivity index (χ1n) is 6.67. The summed E-state index contributed by atoms with van der Waals surface area (Å²) < 4.78 is 27.7. The number of hydrogen-bond donors (Lipinski definition) is 1. The van der Waals surface area contributed by atoms with E-state index in [1.165, 1.54) is 0 Å². The Labute approximate surface area is 129 Å². The standard InChI is InChI=1S/C14H21BrN2O2S/c1-14(2,3)10-6-7-17(9-10)20(18,19)13-5-4-11(15)8-12(13)16/h4-5,8,10H,6-7,9,16H2,1-3H3. The number of hydrogen-bond acceptors (Lipinski definition) is 3. The van der Waals surface area contributed by atoms with Gasteiger partial charge in [-0.1, -0.05) is 36.7 Å². The van der Waals surface area contributed by atoms with Gasteiger partial charge in [0.15, 0.2) is 0 Å². The minimum atomic E-state index is -3.49. The Morgan fingerprint density at radius 2 is 2.00 bits per heavy atom. The van der Waals surface area contributed by atoms with Crippen LogP contribution >= 0.6 is 15.9 Å². The average molecular weight is 361 g/mol. The van der Waals surface area contributed by atoms with E-state index in [-0.39, 0.29) is 10.3 Å². The van der Waals surface area contributed by atoms with E-state index in [4.69, 9.17) is 5.73 Å². The fraction of sp³-hybridized carbons (Fsp3) is 0.571. The SMILES string of the molecule is CC(C)(C)C1CCN(S(=O)(=O)c2ccc(Br)cc2N)C1. The van der Waals surface area contributed by atoms with E-state index in [0.717, 1.165) is 10.9 Å². The summed E-state index contributed by atoms with van der Waals surface area (Å²) in [5.41, 5.74) is 6.27. The second kappa shape index (κ2) is 5.31. The monoisotopic (exact) mass is 360 g/mol. The van der Waals surface area contributed by atoms with Crippen LogP contribution in [-0.2, 0) is 10.0 Å². The number of anilines is 1. The lowest BCUT2D eigenvalue weighted by molar-refractivity contribution is 0.252. The highest BCUT2D eigenvalue weighted by Crippen LogP contribution is 2.36. The smallest absolute Gasteiger partial charge is 0.245 e. The first kappa shape index (κ1) is 15.8. The minimum absolute atomic E-state index is 0.121. The topological polar surface area (TPSA) is 63.4 Å². The molecule has 2 rings (SSSR count). The number of sulfonamides is 1. The van der Waals surface area contributed by atoms with Crippen LogP contribution in [-0.4, -0.2) is 25.8 Å². The van der Waals surface area contributed by atoms with Crippen LogP contribution in [0.5, 0.6) is 0 Å². The molecule has 0 aliphatic carbocycles. The molecule has 2 N–H and O–H groups in total. The van der Waals surface area contributed by atoms with Crippen molar-refractivity contribution in [2.75, 3.05) is 18.8 Å². The zero-order valence-corrected chi connectivity index (χ0v) is 14.5. The summed E-state index contributed by atoms with van der Waals surface area (Å²) in [7, 11) is -3.49. The Morgan fingerprint density at radius 3 is 2.50 bits per heavy atom. The molecule has 1 fully saturated rings. The zero-order valence-electron chi connectivity index (χ0n) is 12.1. The van der Waals surface area contributed by atoms with E-state index in [2.05, 4.69) is 36.7 Å². The van der Waals surface area contributed by atoms with Gasteiger partial charge >= 0.3 is 0 Å². The van der Waals surface area contributed by atoms with Crippen molar-refractivity contribution in [2.45, 2.75) is 32.1 Å². The van der Waals surface area contributed by atoms with Crippen LogP contribution in [0.2, 0.25) is 0 Å². The van der Waals surface area contributed by atoms with Gasteiger partial charge in [0.1, 0.15) is 4.90 Å². The molecule has 20 heavy (non-hydrogen) atoms. The van der Waals surface area contributed by atoms with Crippen molar-refractivity contribution in [1.82, 2.24) is 4.31 Å². The number of nitrogens with zero attached hydrogens (tertiary/aromatic N) is 1. The van der Waals surface area contributed by atoms with Gasteiger partial charge in [0, 0.05) is 17.6 Å². The van der Waals surface area contributed by atoms with Gasteiger partial charge in [-0.2, -0.15) is 4.31 Å². The molecule has 0 spiro atoms. The van der Waals surface area contributed by atoms with Crippen LogP contribution in [0.25, 0.3) is 0 Å². The van der Waals surface area contributed by atoms with Gasteiger partial charge in [-0.05, 0) is 36.0 Å². The summed E-state index contributed by atoms with van der Waals surface area (Å²) in [6.45, 7) is 7.60. The van der Waals surface area contributed by atoms with E-state index in [1.807, 2.05) is 0 Å². The molecule has 1 aliphatic rings. The van der Waals surface area contributed by atoms with Gasteiger partial charge in [-0.15, -0.1) is 0 Å². The normalized spacial score (nSPS) is 21.3. The molecule has 4 nitrogen and oxygen atoms in total. The van der Waals surface area contributed by atoms with Crippen molar-refractivity contribution in [3.63, 3.8) is 0 Å². The Kier molecular flexibility index (Phi) is 4.19. The van der Waals surface area contributed by atoms with Crippen molar-refractivity contribution >= 4 is 31.6 Å².